The molecule has 1 amide bonds. The van der Waals surface area contributed by atoms with E-state index in [1.807, 2.05) is 13.8 Å². The van der Waals surface area contributed by atoms with Crippen molar-refractivity contribution in [3.8, 4) is 5.75 Å². The number of nitrogens with zero attached hydrogens (tertiary/aromatic N) is 1. The zero-order valence-electron chi connectivity index (χ0n) is 28.8. The van der Waals surface area contributed by atoms with E-state index >= 15 is 0 Å². The third kappa shape index (κ3) is 6.99. The number of amides is 1. The second-order valence-electron chi connectivity index (χ2n) is 8.41. The van der Waals surface area contributed by atoms with Gasteiger partial charge in [-0.2, -0.15) is 0 Å². The van der Waals surface area contributed by atoms with Crippen molar-refractivity contribution in [1.29, 1.82) is 0 Å². The van der Waals surface area contributed by atoms with E-state index in [9.17, 15) is 16.1 Å². The van der Waals surface area contributed by atoms with E-state index in [0.29, 0.717) is 6.42 Å². The Morgan fingerprint density at radius 3 is 2.62 bits per heavy atom. The number of anilines is 1. The van der Waals surface area contributed by atoms with Gasteiger partial charge in [-0.15, -0.1) is 0 Å². The standard InChI is InChI=1S/C28H38N2O4/c1-4-16-34-26-18-21(12-13-23(26)28(32)33)19-27(31)29-24(17-20(2)3)22-10-6-7-11-25(22)30-14-8-5-9-15-30/h6-7,10-13,18,20,24H,4-5,8-9,14-17,19H2,1-3H3,(H,29,31)(H,32,33)/t24-/m0/s1/i4D2,14D2,15D2,16D2,24D. The fourth-order valence-corrected chi connectivity index (χ4v) is 3.70. The molecule has 0 radical (unpaired) electrons. The van der Waals surface area contributed by atoms with Crippen molar-refractivity contribution in [2.45, 2.75) is 65.3 Å². The molecule has 2 N–H and O–H groups in total. The molecule has 1 aliphatic heterocycles. The fraction of sp³-hybridized carbons (Fsp3) is 0.500. The van der Waals surface area contributed by atoms with Crippen molar-refractivity contribution >= 4 is 17.6 Å². The molecule has 0 aliphatic carbocycles. The molecule has 1 fully saturated rings. The van der Waals surface area contributed by atoms with Crippen LogP contribution in [0.5, 0.6) is 5.75 Å². The Hall–Kier alpha value is -3.02. The summed E-state index contributed by atoms with van der Waals surface area (Å²) in [5.41, 5.74) is 0.167. The first-order valence-corrected chi connectivity index (χ1v) is 11.4. The maximum absolute atomic E-state index is 13.4. The van der Waals surface area contributed by atoms with E-state index in [0.717, 1.165) is 24.0 Å². The summed E-state index contributed by atoms with van der Waals surface area (Å²) in [4.78, 5) is 26.2. The molecule has 6 heteroatoms. The van der Waals surface area contributed by atoms with Crippen LogP contribution in [0.2, 0.25) is 0 Å². The van der Waals surface area contributed by atoms with Gasteiger partial charge in [-0.25, -0.2) is 4.79 Å². The Kier molecular flexibility index (Phi) is 5.78. The quantitative estimate of drug-likeness (QED) is 0.442. The summed E-state index contributed by atoms with van der Waals surface area (Å²) in [5, 5.41) is 12.3. The third-order valence-corrected chi connectivity index (χ3v) is 5.17. The summed E-state index contributed by atoms with van der Waals surface area (Å²) in [6.45, 7) is -2.31. The number of aromatic carboxylic acids is 1. The Labute approximate surface area is 216 Å². The van der Waals surface area contributed by atoms with Gasteiger partial charge in [0.15, 0.2) is 0 Å². The van der Waals surface area contributed by atoms with E-state index in [4.69, 9.17) is 15.7 Å². The Morgan fingerprint density at radius 2 is 1.94 bits per heavy atom. The van der Waals surface area contributed by atoms with Gasteiger partial charge in [-0.3, -0.25) is 4.79 Å². The lowest BCUT2D eigenvalue weighted by atomic mass is 9.94. The minimum atomic E-state index is -2.89. The van der Waals surface area contributed by atoms with E-state index in [1.54, 1.807) is 24.3 Å². The van der Waals surface area contributed by atoms with Crippen molar-refractivity contribution in [2.24, 2.45) is 5.92 Å². The number of piperidine rings is 1. The summed E-state index contributed by atoms with van der Waals surface area (Å²) >= 11 is 0. The Bertz CT molecular complexity index is 1330. The summed E-state index contributed by atoms with van der Waals surface area (Å²) in [7, 11) is 0. The number of carboxylic acid groups (broad SMARTS) is 1. The lowest BCUT2D eigenvalue weighted by molar-refractivity contribution is -0.121. The summed E-state index contributed by atoms with van der Waals surface area (Å²) in [6.07, 6.45) is -2.21. The lowest BCUT2D eigenvalue weighted by Crippen LogP contribution is -2.34. The Morgan fingerprint density at radius 1 is 1.21 bits per heavy atom. The van der Waals surface area contributed by atoms with Gasteiger partial charge >= 0.3 is 5.97 Å². The van der Waals surface area contributed by atoms with E-state index in [-0.39, 0.29) is 48.4 Å². The van der Waals surface area contributed by atoms with Gasteiger partial charge in [-0.05, 0) is 67.3 Å². The largest absolute Gasteiger partial charge is 0.493 e. The zero-order valence-corrected chi connectivity index (χ0v) is 19.8. The van der Waals surface area contributed by atoms with Gasteiger partial charge < -0.3 is 20.1 Å². The molecular formula is C28H38N2O4. The average molecular weight is 476 g/mol. The Balaban J connectivity index is 2.00. The number of hydrogen-bond donors (Lipinski definition) is 2. The van der Waals surface area contributed by atoms with Gasteiger partial charge in [0.1, 0.15) is 11.3 Å². The highest BCUT2D eigenvalue weighted by molar-refractivity contribution is 5.91. The van der Waals surface area contributed by atoms with Gasteiger partial charge in [0, 0.05) is 26.9 Å². The highest BCUT2D eigenvalue weighted by Crippen LogP contribution is 2.32. The maximum Gasteiger partial charge on any atom is 0.339 e. The van der Waals surface area contributed by atoms with Crippen molar-refractivity contribution in [3.05, 3.63) is 59.2 Å². The topological polar surface area (TPSA) is 78.9 Å². The van der Waals surface area contributed by atoms with Gasteiger partial charge in [0.2, 0.25) is 5.91 Å². The van der Waals surface area contributed by atoms with Crippen molar-refractivity contribution in [2.75, 3.05) is 24.5 Å². The van der Waals surface area contributed by atoms with Gasteiger partial charge in [-0.1, -0.05) is 45.0 Å². The minimum Gasteiger partial charge on any atom is -0.493 e. The van der Waals surface area contributed by atoms with Crippen LogP contribution in [0.4, 0.5) is 5.69 Å². The van der Waals surface area contributed by atoms with Crippen LogP contribution in [0.3, 0.4) is 0 Å². The van der Waals surface area contributed by atoms with Crippen LogP contribution in [0.15, 0.2) is 42.5 Å². The van der Waals surface area contributed by atoms with Crippen LogP contribution in [0, 0.1) is 5.92 Å². The lowest BCUT2D eigenvalue weighted by Gasteiger charge is -2.33. The molecule has 0 aromatic heterocycles. The summed E-state index contributed by atoms with van der Waals surface area (Å²) in [6, 6.07) is 8.18. The molecule has 1 atom stereocenters. The van der Waals surface area contributed by atoms with Crippen LogP contribution in [0.1, 0.15) is 92.7 Å². The summed E-state index contributed by atoms with van der Waals surface area (Å²) in [5.74, 6) is -2.66. The van der Waals surface area contributed by atoms with Crippen LogP contribution < -0.4 is 15.0 Å². The smallest absolute Gasteiger partial charge is 0.339 e. The number of nitrogens with one attached hydrogen (secondary N) is 1. The molecular weight excluding hydrogens is 428 g/mol. The van der Waals surface area contributed by atoms with E-state index in [2.05, 4.69) is 5.32 Å². The molecule has 2 aromatic carbocycles. The molecule has 0 unspecified atom stereocenters. The van der Waals surface area contributed by atoms with Crippen molar-refractivity contribution in [3.63, 3.8) is 0 Å². The first-order chi connectivity index (χ1) is 19.6. The summed E-state index contributed by atoms with van der Waals surface area (Å²) < 4.78 is 80.1. The highest BCUT2D eigenvalue weighted by atomic mass is 16.5. The van der Waals surface area contributed by atoms with Gasteiger partial charge in [0.25, 0.3) is 0 Å². The molecule has 0 bridgehead atoms. The predicted molar refractivity (Wildman–Crippen MR) is 136 cm³/mol. The number of carbonyl (C=O) groups is 2. The van der Waals surface area contributed by atoms with Gasteiger partial charge in [0.05, 0.1) is 23.1 Å². The molecule has 184 valence electrons. The van der Waals surface area contributed by atoms with Crippen LogP contribution in [0.25, 0.3) is 0 Å². The normalized spacial score (nSPS) is 23.3. The average Bonchev–Trinajstić information content (AvgIpc) is 2.81. The second kappa shape index (κ2) is 12.4. The molecule has 0 saturated carbocycles. The zero-order chi connectivity index (χ0) is 32.6. The first-order valence-electron chi connectivity index (χ1n) is 15.9. The number of para-hydroxylation sites is 1. The second-order valence-corrected chi connectivity index (χ2v) is 8.41. The van der Waals surface area contributed by atoms with Crippen LogP contribution in [-0.4, -0.2) is 36.5 Å². The SMILES string of the molecule is [2H]C1([2H])CCCC([2H])([2H])N1c1ccccc1[C@]([2H])(CC(C)C)NC(=O)Cc1ccc(C(=O)O)c(OC([2H])([2H])C([2H])([2H])C)c1. The number of carboxylic acids is 1. The fourth-order valence-electron chi connectivity index (χ4n) is 3.70. The highest BCUT2D eigenvalue weighted by Gasteiger charge is 2.23. The third-order valence-electron chi connectivity index (χ3n) is 5.17. The molecule has 1 aliphatic rings. The van der Waals surface area contributed by atoms with Crippen LogP contribution in [-0.2, 0) is 11.2 Å². The minimum absolute atomic E-state index is 0.0939. The number of benzene rings is 2. The monoisotopic (exact) mass is 475 g/mol. The maximum atomic E-state index is 13.4. The number of rotatable bonds is 11. The molecule has 34 heavy (non-hydrogen) atoms. The van der Waals surface area contributed by atoms with Crippen molar-refractivity contribution in [1.82, 2.24) is 5.32 Å². The molecule has 3 rings (SSSR count). The van der Waals surface area contributed by atoms with E-state index in [1.165, 1.54) is 6.07 Å². The van der Waals surface area contributed by atoms with Crippen LogP contribution >= 0.6 is 0 Å². The first kappa shape index (κ1) is 15.8. The number of hydrogen-bond acceptors (Lipinski definition) is 4. The van der Waals surface area contributed by atoms with Crippen molar-refractivity contribution < 1.29 is 31.8 Å². The molecule has 6 nitrogen and oxygen atoms in total. The molecule has 2 aromatic rings. The molecule has 1 heterocycles. The number of carbonyl (C=O) groups excluding carboxylic acids is 1. The molecule has 0 spiro atoms. The predicted octanol–water partition coefficient (Wildman–Crippen LogP) is 5.61. The van der Waals surface area contributed by atoms with E-state index < -0.39 is 55.1 Å². The number of ether oxygens (including phenoxy) is 1. The molecule has 1 saturated heterocycles.